The predicted molar refractivity (Wildman–Crippen MR) is 110 cm³/mol. The molecule has 2 aromatic carbocycles. The zero-order valence-corrected chi connectivity index (χ0v) is 15.9. The largest absolute Gasteiger partial charge is 0.459 e. The Kier molecular flexibility index (Phi) is 6.11. The smallest absolute Gasteiger partial charge is 0.291 e. The van der Waals surface area contributed by atoms with Crippen molar-refractivity contribution in [1.29, 1.82) is 0 Å². The van der Waals surface area contributed by atoms with Crippen LogP contribution in [0.2, 0.25) is 0 Å². The number of para-hydroxylation sites is 2. The minimum absolute atomic E-state index is 0.194. The van der Waals surface area contributed by atoms with Gasteiger partial charge in [-0.05, 0) is 42.8 Å². The van der Waals surface area contributed by atoms with Gasteiger partial charge in [0.1, 0.15) is 0 Å². The van der Waals surface area contributed by atoms with Crippen LogP contribution in [0.15, 0.2) is 71.3 Å². The maximum atomic E-state index is 12.7. The summed E-state index contributed by atoms with van der Waals surface area (Å²) in [6, 6.07) is 18.5. The third kappa shape index (κ3) is 4.59. The summed E-state index contributed by atoms with van der Waals surface area (Å²) in [5.41, 5.74) is 2.78. The fourth-order valence-electron chi connectivity index (χ4n) is 2.85. The van der Waals surface area contributed by atoms with Gasteiger partial charge in [0.2, 0.25) is 0 Å². The molecule has 0 atom stereocenters. The SMILES string of the molecule is Cc1cccc(C(=O)NCCN(C)c2ccccc2)c1NC(=O)c1ccco1. The van der Waals surface area contributed by atoms with E-state index in [0.29, 0.717) is 24.3 Å². The molecule has 0 saturated carbocycles. The number of rotatable bonds is 7. The van der Waals surface area contributed by atoms with E-state index in [-0.39, 0.29) is 11.7 Å². The summed E-state index contributed by atoms with van der Waals surface area (Å²) >= 11 is 0. The average Bonchev–Trinajstić information content (AvgIpc) is 3.25. The Morgan fingerprint density at radius 3 is 2.46 bits per heavy atom. The average molecular weight is 377 g/mol. The molecule has 28 heavy (non-hydrogen) atoms. The van der Waals surface area contributed by atoms with Crippen molar-refractivity contribution in [2.45, 2.75) is 6.92 Å². The molecule has 6 heteroatoms. The molecule has 3 aromatic rings. The van der Waals surface area contributed by atoms with E-state index in [4.69, 9.17) is 4.42 Å². The number of furan rings is 1. The number of carbonyl (C=O) groups is 2. The maximum Gasteiger partial charge on any atom is 0.291 e. The van der Waals surface area contributed by atoms with E-state index in [1.54, 1.807) is 24.3 Å². The van der Waals surface area contributed by atoms with Crippen LogP contribution < -0.4 is 15.5 Å². The number of hydrogen-bond donors (Lipinski definition) is 2. The fraction of sp³-hybridized carbons (Fsp3) is 0.182. The summed E-state index contributed by atoms with van der Waals surface area (Å²) in [4.78, 5) is 27.1. The van der Waals surface area contributed by atoms with Crippen molar-refractivity contribution in [2.75, 3.05) is 30.4 Å². The Hall–Kier alpha value is -3.54. The Morgan fingerprint density at radius 2 is 1.75 bits per heavy atom. The molecule has 0 fully saturated rings. The van der Waals surface area contributed by atoms with Gasteiger partial charge < -0.3 is 20.0 Å². The normalized spacial score (nSPS) is 10.4. The monoisotopic (exact) mass is 377 g/mol. The molecule has 2 N–H and O–H groups in total. The zero-order chi connectivity index (χ0) is 19.9. The number of aryl methyl sites for hydroxylation is 1. The van der Waals surface area contributed by atoms with Gasteiger partial charge in [0.25, 0.3) is 11.8 Å². The Balaban J connectivity index is 1.65. The second-order valence-electron chi connectivity index (χ2n) is 6.44. The van der Waals surface area contributed by atoms with E-state index in [9.17, 15) is 9.59 Å². The Morgan fingerprint density at radius 1 is 0.964 bits per heavy atom. The first-order valence-corrected chi connectivity index (χ1v) is 9.05. The van der Waals surface area contributed by atoms with Crippen LogP contribution in [-0.2, 0) is 0 Å². The van der Waals surface area contributed by atoms with Gasteiger partial charge in [0, 0.05) is 25.8 Å². The number of amides is 2. The number of carbonyl (C=O) groups excluding carboxylic acids is 2. The molecule has 0 bridgehead atoms. The van der Waals surface area contributed by atoms with Crippen LogP contribution in [0.5, 0.6) is 0 Å². The standard InChI is InChI=1S/C22H23N3O3/c1-16-8-6-11-18(20(16)24-22(27)19-12-7-15-28-19)21(26)23-13-14-25(2)17-9-4-3-5-10-17/h3-12,15H,13-14H2,1-2H3,(H,23,26)(H,24,27). The number of anilines is 2. The lowest BCUT2D eigenvalue weighted by molar-refractivity contribution is 0.0955. The first-order valence-electron chi connectivity index (χ1n) is 9.05. The van der Waals surface area contributed by atoms with Crippen molar-refractivity contribution >= 4 is 23.2 Å². The molecule has 2 amide bonds. The number of likely N-dealkylation sites (N-methyl/N-ethyl adjacent to an activating group) is 1. The van der Waals surface area contributed by atoms with Crippen molar-refractivity contribution in [2.24, 2.45) is 0 Å². The summed E-state index contributed by atoms with van der Waals surface area (Å²) in [5, 5.41) is 5.70. The minimum atomic E-state index is -0.392. The lowest BCUT2D eigenvalue weighted by Gasteiger charge is -2.20. The van der Waals surface area contributed by atoms with Crippen LogP contribution in [0.25, 0.3) is 0 Å². The van der Waals surface area contributed by atoms with Crippen molar-refractivity contribution < 1.29 is 14.0 Å². The number of nitrogens with one attached hydrogen (secondary N) is 2. The molecular weight excluding hydrogens is 354 g/mol. The summed E-state index contributed by atoms with van der Waals surface area (Å²) in [7, 11) is 1.98. The van der Waals surface area contributed by atoms with E-state index in [1.165, 1.54) is 6.26 Å². The number of nitrogens with zero attached hydrogens (tertiary/aromatic N) is 1. The second-order valence-corrected chi connectivity index (χ2v) is 6.44. The van der Waals surface area contributed by atoms with Crippen LogP contribution in [0.1, 0.15) is 26.5 Å². The van der Waals surface area contributed by atoms with E-state index in [1.807, 2.05) is 50.4 Å². The van der Waals surface area contributed by atoms with Gasteiger partial charge >= 0.3 is 0 Å². The molecule has 1 aromatic heterocycles. The predicted octanol–water partition coefficient (Wildman–Crippen LogP) is 3.71. The van der Waals surface area contributed by atoms with Crippen molar-refractivity contribution in [1.82, 2.24) is 5.32 Å². The van der Waals surface area contributed by atoms with Crippen molar-refractivity contribution in [3.05, 3.63) is 83.8 Å². The van der Waals surface area contributed by atoms with Gasteiger partial charge in [-0.3, -0.25) is 9.59 Å². The summed E-state index contributed by atoms with van der Waals surface area (Å²) in [6.45, 7) is 2.98. The van der Waals surface area contributed by atoms with Gasteiger partial charge in [0.15, 0.2) is 5.76 Å². The maximum absolute atomic E-state index is 12.7. The van der Waals surface area contributed by atoms with Gasteiger partial charge in [0.05, 0.1) is 17.5 Å². The van der Waals surface area contributed by atoms with Gasteiger partial charge in [-0.1, -0.05) is 30.3 Å². The Labute approximate surface area is 164 Å². The molecule has 1 heterocycles. The van der Waals surface area contributed by atoms with Crippen LogP contribution >= 0.6 is 0 Å². The molecule has 0 spiro atoms. The topological polar surface area (TPSA) is 74.6 Å². The molecule has 0 radical (unpaired) electrons. The van der Waals surface area contributed by atoms with Crippen LogP contribution in [0.4, 0.5) is 11.4 Å². The molecule has 3 rings (SSSR count). The molecule has 144 valence electrons. The van der Waals surface area contributed by atoms with Crippen molar-refractivity contribution in [3.8, 4) is 0 Å². The highest BCUT2D eigenvalue weighted by Crippen LogP contribution is 2.21. The third-order valence-electron chi connectivity index (χ3n) is 4.43. The first-order chi connectivity index (χ1) is 13.6. The van der Waals surface area contributed by atoms with Crippen LogP contribution in [-0.4, -0.2) is 32.0 Å². The van der Waals surface area contributed by atoms with E-state index in [0.717, 1.165) is 11.3 Å². The van der Waals surface area contributed by atoms with Crippen molar-refractivity contribution in [3.63, 3.8) is 0 Å². The number of benzene rings is 2. The van der Waals surface area contributed by atoms with E-state index < -0.39 is 5.91 Å². The van der Waals surface area contributed by atoms with Crippen LogP contribution in [0.3, 0.4) is 0 Å². The molecule has 0 unspecified atom stereocenters. The van der Waals surface area contributed by atoms with Gasteiger partial charge in [-0.25, -0.2) is 0 Å². The summed E-state index contributed by atoms with van der Waals surface area (Å²) in [5.74, 6) is -0.434. The summed E-state index contributed by atoms with van der Waals surface area (Å²) < 4.78 is 5.12. The molecule has 0 aliphatic carbocycles. The molecular formula is C22H23N3O3. The highest BCUT2D eigenvalue weighted by atomic mass is 16.3. The minimum Gasteiger partial charge on any atom is -0.459 e. The summed E-state index contributed by atoms with van der Waals surface area (Å²) in [6.07, 6.45) is 1.43. The first kappa shape index (κ1) is 19.2. The van der Waals surface area contributed by atoms with Gasteiger partial charge in [-0.2, -0.15) is 0 Å². The molecule has 0 aliphatic rings. The number of hydrogen-bond acceptors (Lipinski definition) is 4. The third-order valence-corrected chi connectivity index (χ3v) is 4.43. The lowest BCUT2D eigenvalue weighted by Crippen LogP contribution is -2.33. The van der Waals surface area contributed by atoms with Gasteiger partial charge in [-0.15, -0.1) is 0 Å². The van der Waals surface area contributed by atoms with Crippen LogP contribution in [0, 0.1) is 6.92 Å². The zero-order valence-electron chi connectivity index (χ0n) is 15.9. The fourth-order valence-corrected chi connectivity index (χ4v) is 2.85. The molecule has 0 aliphatic heterocycles. The lowest BCUT2D eigenvalue weighted by atomic mass is 10.1. The highest BCUT2D eigenvalue weighted by molar-refractivity contribution is 6.08. The van der Waals surface area contributed by atoms with E-state index in [2.05, 4.69) is 15.5 Å². The highest BCUT2D eigenvalue weighted by Gasteiger charge is 2.17. The Bertz CT molecular complexity index is 937. The molecule has 0 saturated heterocycles. The molecule has 6 nitrogen and oxygen atoms in total. The quantitative estimate of drug-likeness (QED) is 0.658. The second kappa shape index (κ2) is 8.90. The van der Waals surface area contributed by atoms with E-state index >= 15 is 0 Å².